The zero-order valence-corrected chi connectivity index (χ0v) is 15.7. The highest BCUT2D eigenvalue weighted by atomic mass is 32.1. The van der Waals surface area contributed by atoms with Crippen LogP contribution in [0, 0.1) is 0 Å². The largest absolute Gasteiger partial charge is 0.445 e. The molecular weight excluding hydrogens is 350 g/mol. The molecule has 0 bridgehead atoms. The summed E-state index contributed by atoms with van der Waals surface area (Å²) in [5.74, 6) is -0.791. The number of hydrogen-bond donors (Lipinski definition) is 1. The van der Waals surface area contributed by atoms with Gasteiger partial charge in [-0.25, -0.2) is 9.78 Å². The first kappa shape index (κ1) is 17.2. The van der Waals surface area contributed by atoms with Crippen LogP contribution >= 0.6 is 11.3 Å². The fourth-order valence-electron chi connectivity index (χ4n) is 3.46. The molecule has 0 saturated carbocycles. The summed E-state index contributed by atoms with van der Waals surface area (Å²) < 4.78 is 5.49. The molecule has 6 nitrogen and oxygen atoms in total. The standard InChI is InChI=1S/C19H21N3O3S/c1-3-22-9-8-14-15(11-22)26-18(20-14)21-17(24)19(2)10-12-6-4-5-7-13(12)16(23)25-19/h4-7H,3,8-11H2,1-2H3,(H,20,21,24)/t19-/m0/s1. The van der Waals surface area contributed by atoms with Crippen LogP contribution in [0.1, 0.15) is 40.3 Å². The van der Waals surface area contributed by atoms with Crippen LogP contribution in [0.5, 0.6) is 0 Å². The van der Waals surface area contributed by atoms with E-state index in [9.17, 15) is 9.59 Å². The van der Waals surface area contributed by atoms with Gasteiger partial charge in [-0.1, -0.05) is 25.1 Å². The van der Waals surface area contributed by atoms with Crippen LogP contribution in [-0.4, -0.2) is 40.5 Å². The molecule has 1 amide bonds. The quantitative estimate of drug-likeness (QED) is 0.840. The summed E-state index contributed by atoms with van der Waals surface area (Å²) in [5.41, 5.74) is 1.19. The van der Waals surface area contributed by atoms with Crippen molar-refractivity contribution in [2.45, 2.75) is 38.8 Å². The number of nitrogens with zero attached hydrogens (tertiary/aromatic N) is 2. The Morgan fingerprint density at radius 2 is 2.23 bits per heavy atom. The highest BCUT2D eigenvalue weighted by Gasteiger charge is 2.43. The summed E-state index contributed by atoms with van der Waals surface area (Å²) in [6, 6.07) is 7.25. The minimum Gasteiger partial charge on any atom is -0.445 e. The first-order chi connectivity index (χ1) is 12.5. The molecule has 1 N–H and O–H groups in total. The SMILES string of the molecule is CCN1CCc2nc(NC(=O)[C@]3(C)Cc4ccccc4C(=O)O3)sc2C1. The van der Waals surface area contributed by atoms with Gasteiger partial charge in [-0.2, -0.15) is 0 Å². The van der Waals surface area contributed by atoms with Crippen LogP contribution in [0.25, 0.3) is 0 Å². The average molecular weight is 371 g/mol. The molecule has 0 radical (unpaired) electrons. The molecule has 3 heterocycles. The molecule has 4 rings (SSSR count). The molecule has 26 heavy (non-hydrogen) atoms. The lowest BCUT2D eigenvalue weighted by molar-refractivity contribution is -0.134. The second kappa shape index (κ2) is 6.48. The van der Waals surface area contributed by atoms with E-state index in [2.05, 4.69) is 22.1 Å². The predicted octanol–water partition coefficient (Wildman–Crippen LogP) is 2.63. The predicted molar refractivity (Wildman–Crippen MR) is 99.4 cm³/mol. The number of aromatic nitrogens is 1. The Hall–Kier alpha value is -2.25. The van der Waals surface area contributed by atoms with E-state index in [0.717, 1.165) is 37.3 Å². The summed E-state index contributed by atoms with van der Waals surface area (Å²) in [4.78, 5) is 33.2. The van der Waals surface area contributed by atoms with E-state index in [1.165, 1.54) is 16.2 Å². The number of ether oxygens (including phenoxy) is 1. The summed E-state index contributed by atoms with van der Waals surface area (Å²) >= 11 is 1.51. The Morgan fingerprint density at radius 1 is 1.42 bits per heavy atom. The molecule has 2 aliphatic heterocycles. The lowest BCUT2D eigenvalue weighted by Gasteiger charge is -2.32. The van der Waals surface area contributed by atoms with Gasteiger partial charge in [-0.05, 0) is 25.1 Å². The van der Waals surface area contributed by atoms with Crippen LogP contribution in [-0.2, 0) is 28.9 Å². The number of hydrogen-bond acceptors (Lipinski definition) is 6. The molecule has 1 atom stereocenters. The summed E-state index contributed by atoms with van der Waals surface area (Å²) in [6.45, 7) is 6.67. The van der Waals surface area contributed by atoms with Crippen LogP contribution in [0.4, 0.5) is 5.13 Å². The van der Waals surface area contributed by atoms with E-state index in [0.29, 0.717) is 17.1 Å². The van der Waals surface area contributed by atoms with Crippen LogP contribution in [0.2, 0.25) is 0 Å². The molecule has 1 aromatic heterocycles. The van der Waals surface area contributed by atoms with E-state index in [1.54, 1.807) is 19.1 Å². The number of fused-ring (bicyclic) bond motifs is 2. The van der Waals surface area contributed by atoms with Gasteiger partial charge in [0.1, 0.15) is 0 Å². The highest BCUT2D eigenvalue weighted by molar-refractivity contribution is 7.15. The third-order valence-corrected chi connectivity index (χ3v) is 6.04. The van der Waals surface area contributed by atoms with Gasteiger partial charge in [0.25, 0.3) is 5.91 Å². The zero-order valence-electron chi connectivity index (χ0n) is 14.9. The van der Waals surface area contributed by atoms with Gasteiger partial charge < -0.3 is 4.74 Å². The second-order valence-corrected chi connectivity index (χ2v) is 8.00. The molecule has 0 spiro atoms. The molecule has 0 aliphatic carbocycles. The number of nitrogens with one attached hydrogen (secondary N) is 1. The van der Waals surface area contributed by atoms with E-state index >= 15 is 0 Å². The van der Waals surface area contributed by atoms with Crippen molar-refractivity contribution in [2.75, 3.05) is 18.4 Å². The third kappa shape index (κ3) is 3.01. The molecule has 0 fully saturated rings. The van der Waals surface area contributed by atoms with Crippen LogP contribution in [0.15, 0.2) is 24.3 Å². The van der Waals surface area contributed by atoms with Crippen molar-refractivity contribution >= 4 is 28.3 Å². The maximum atomic E-state index is 12.8. The van der Waals surface area contributed by atoms with Gasteiger partial charge in [0.15, 0.2) is 10.7 Å². The topological polar surface area (TPSA) is 71.5 Å². The zero-order chi connectivity index (χ0) is 18.3. The monoisotopic (exact) mass is 371 g/mol. The average Bonchev–Trinajstić information content (AvgIpc) is 3.02. The van der Waals surface area contributed by atoms with Crippen molar-refractivity contribution < 1.29 is 14.3 Å². The van der Waals surface area contributed by atoms with E-state index in [-0.39, 0.29) is 5.91 Å². The van der Waals surface area contributed by atoms with Crippen LogP contribution < -0.4 is 5.32 Å². The van der Waals surface area contributed by atoms with Gasteiger partial charge in [-0.15, -0.1) is 11.3 Å². The minimum atomic E-state index is -1.23. The van der Waals surface area contributed by atoms with Crippen LogP contribution in [0.3, 0.4) is 0 Å². The molecule has 7 heteroatoms. The Labute approximate surface area is 156 Å². The maximum absolute atomic E-state index is 12.8. The van der Waals surface area contributed by atoms with Crippen molar-refractivity contribution in [1.82, 2.24) is 9.88 Å². The Balaban J connectivity index is 1.52. The lowest BCUT2D eigenvalue weighted by Crippen LogP contribution is -2.48. The molecule has 0 saturated heterocycles. The second-order valence-electron chi connectivity index (χ2n) is 6.92. The summed E-state index contributed by atoms with van der Waals surface area (Å²) in [5, 5.41) is 3.44. The summed E-state index contributed by atoms with van der Waals surface area (Å²) in [6.07, 6.45) is 1.25. The Morgan fingerprint density at radius 3 is 3.04 bits per heavy atom. The van der Waals surface area contributed by atoms with Crippen molar-refractivity contribution in [1.29, 1.82) is 0 Å². The smallest absolute Gasteiger partial charge is 0.339 e. The molecule has 136 valence electrons. The van der Waals surface area contributed by atoms with Gasteiger partial charge in [0.2, 0.25) is 0 Å². The third-order valence-electron chi connectivity index (χ3n) is 5.04. The van der Waals surface area contributed by atoms with Gasteiger partial charge in [-0.3, -0.25) is 15.0 Å². The van der Waals surface area contributed by atoms with E-state index in [4.69, 9.17) is 4.74 Å². The van der Waals surface area contributed by atoms with Crippen molar-refractivity contribution in [3.05, 3.63) is 46.0 Å². The fraction of sp³-hybridized carbons (Fsp3) is 0.421. The van der Waals surface area contributed by atoms with E-state index in [1.807, 2.05) is 12.1 Å². The minimum absolute atomic E-state index is 0.334. The number of benzene rings is 1. The van der Waals surface area contributed by atoms with E-state index < -0.39 is 11.6 Å². The molecule has 0 unspecified atom stereocenters. The number of esters is 1. The maximum Gasteiger partial charge on any atom is 0.339 e. The number of amides is 1. The van der Waals surface area contributed by atoms with Crippen molar-refractivity contribution in [3.63, 3.8) is 0 Å². The van der Waals surface area contributed by atoms with Gasteiger partial charge >= 0.3 is 5.97 Å². The molecular formula is C19H21N3O3S. The lowest BCUT2D eigenvalue weighted by atomic mass is 9.89. The Bertz CT molecular complexity index is 879. The molecule has 2 aromatic rings. The number of likely N-dealkylation sites (N-methyl/N-ethyl adjacent to an activating group) is 1. The number of carbonyl (C=O) groups excluding carboxylic acids is 2. The van der Waals surface area contributed by atoms with Gasteiger partial charge in [0, 0.05) is 30.8 Å². The molecule has 2 aliphatic rings. The number of anilines is 1. The Kier molecular flexibility index (Phi) is 4.28. The number of carbonyl (C=O) groups is 2. The fourth-order valence-corrected chi connectivity index (χ4v) is 4.51. The number of cyclic esters (lactones) is 1. The van der Waals surface area contributed by atoms with Crippen molar-refractivity contribution in [2.24, 2.45) is 0 Å². The highest BCUT2D eigenvalue weighted by Crippen LogP contribution is 2.32. The van der Waals surface area contributed by atoms with Crippen molar-refractivity contribution in [3.8, 4) is 0 Å². The molecule has 1 aromatic carbocycles. The first-order valence-corrected chi connectivity index (χ1v) is 9.64. The normalized spacial score (nSPS) is 22.3. The number of rotatable bonds is 3. The van der Waals surface area contributed by atoms with Gasteiger partial charge in [0.05, 0.1) is 11.3 Å². The first-order valence-electron chi connectivity index (χ1n) is 8.82. The summed E-state index contributed by atoms with van der Waals surface area (Å²) in [7, 11) is 0. The number of thiazole rings is 1.